The Kier molecular flexibility index (Phi) is 5.59. The first-order valence-electron chi connectivity index (χ1n) is 7.54. The van der Waals surface area contributed by atoms with E-state index in [0.717, 1.165) is 28.9 Å². The molecule has 0 heterocycles. The third kappa shape index (κ3) is 4.92. The summed E-state index contributed by atoms with van der Waals surface area (Å²) < 4.78 is 5.93. The minimum Gasteiger partial charge on any atom is -0.489 e. The molecule has 22 heavy (non-hydrogen) atoms. The molecular weight excluding hydrogens is 276 g/mol. The van der Waals surface area contributed by atoms with Crippen LogP contribution < -0.4 is 4.74 Å². The summed E-state index contributed by atoms with van der Waals surface area (Å²) in [5.74, 6) is 0.0892. The first-order chi connectivity index (χ1) is 10.5. The Morgan fingerprint density at radius 2 is 1.73 bits per heavy atom. The summed E-state index contributed by atoms with van der Waals surface area (Å²) >= 11 is 0. The maximum Gasteiger partial charge on any atom is 0.303 e. The summed E-state index contributed by atoms with van der Waals surface area (Å²) in [5.41, 5.74) is 4.59. The van der Waals surface area contributed by atoms with Crippen LogP contribution in [0, 0.1) is 13.8 Å². The highest BCUT2D eigenvalue weighted by atomic mass is 16.5. The maximum absolute atomic E-state index is 10.6. The Morgan fingerprint density at radius 1 is 1.05 bits per heavy atom. The zero-order chi connectivity index (χ0) is 15.9. The summed E-state index contributed by atoms with van der Waals surface area (Å²) in [4.78, 5) is 10.6. The molecule has 0 saturated carbocycles. The Morgan fingerprint density at radius 3 is 2.41 bits per heavy atom. The van der Waals surface area contributed by atoms with E-state index < -0.39 is 5.97 Å². The molecule has 0 saturated heterocycles. The predicted molar refractivity (Wildman–Crippen MR) is 87.3 cm³/mol. The van der Waals surface area contributed by atoms with E-state index in [1.165, 1.54) is 5.56 Å². The number of ether oxygens (including phenoxy) is 1. The summed E-state index contributed by atoms with van der Waals surface area (Å²) in [6.45, 7) is 4.62. The minimum atomic E-state index is -0.755. The smallest absolute Gasteiger partial charge is 0.303 e. The Labute approximate surface area is 131 Å². The summed E-state index contributed by atoms with van der Waals surface area (Å²) in [7, 11) is 0. The largest absolute Gasteiger partial charge is 0.489 e. The highest BCUT2D eigenvalue weighted by Crippen LogP contribution is 2.23. The van der Waals surface area contributed by atoms with Crippen molar-refractivity contribution in [3.05, 3.63) is 64.7 Å². The van der Waals surface area contributed by atoms with Gasteiger partial charge in [-0.05, 0) is 43.9 Å². The summed E-state index contributed by atoms with van der Waals surface area (Å²) in [6.07, 6.45) is 1.53. The molecule has 116 valence electrons. The fraction of sp³-hybridized carbons (Fsp3) is 0.316. The number of hydrogen-bond acceptors (Lipinski definition) is 2. The van der Waals surface area contributed by atoms with Gasteiger partial charge in [0.1, 0.15) is 12.4 Å². The molecule has 0 aliphatic heterocycles. The monoisotopic (exact) mass is 298 g/mol. The average Bonchev–Trinajstić information content (AvgIpc) is 2.48. The predicted octanol–water partition coefficient (Wildman–Crippen LogP) is 4.29. The molecule has 1 N–H and O–H groups in total. The molecule has 0 radical (unpaired) electrons. The van der Waals surface area contributed by atoms with Gasteiger partial charge in [0.15, 0.2) is 0 Å². The maximum atomic E-state index is 10.6. The van der Waals surface area contributed by atoms with Crippen LogP contribution in [0.3, 0.4) is 0 Å². The number of carboxylic acid groups (broad SMARTS) is 1. The lowest BCUT2D eigenvalue weighted by molar-refractivity contribution is -0.137. The number of carboxylic acids is 1. The van der Waals surface area contributed by atoms with Crippen LogP contribution in [-0.2, 0) is 17.8 Å². The zero-order valence-corrected chi connectivity index (χ0v) is 13.1. The lowest BCUT2D eigenvalue weighted by Gasteiger charge is -2.12. The third-order valence-electron chi connectivity index (χ3n) is 3.57. The number of benzene rings is 2. The van der Waals surface area contributed by atoms with Gasteiger partial charge in [-0.25, -0.2) is 0 Å². The topological polar surface area (TPSA) is 46.5 Å². The number of carbonyl (C=O) groups is 1. The van der Waals surface area contributed by atoms with E-state index in [2.05, 4.69) is 37.3 Å². The summed E-state index contributed by atoms with van der Waals surface area (Å²) in [5, 5.41) is 8.76. The molecule has 0 unspecified atom stereocenters. The first-order valence-corrected chi connectivity index (χ1v) is 7.54. The van der Waals surface area contributed by atoms with Gasteiger partial charge in [0, 0.05) is 6.42 Å². The minimum absolute atomic E-state index is 0.186. The van der Waals surface area contributed by atoms with Crippen LogP contribution in [0.2, 0.25) is 0 Å². The highest BCUT2D eigenvalue weighted by Gasteiger charge is 2.06. The molecule has 0 spiro atoms. The standard InChI is InChI=1S/C19H22O3/c1-14-6-9-16(10-7-14)13-22-18-11-8-15(2)12-17(18)4-3-5-19(20)21/h6-12H,3-5,13H2,1-2H3,(H,20,21). The number of rotatable bonds is 7. The lowest BCUT2D eigenvalue weighted by Crippen LogP contribution is -2.01. The van der Waals surface area contributed by atoms with E-state index >= 15 is 0 Å². The fourth-order valence-corrected chi connectivity index (χ4v) is 2.32. The molecule has 2 rings (SSSR count). The van der Waals surface area contributed by atoms with Gasteiger partial charge in [0.05, 0.1) is 0 Å². The Bertz CT molecular complexity index is 630. The van der Waals surface area contributed by atoms with Crippen molar-refractivity contribution in [3.63, 3.8) is 0 Å². The molecule has 2 aromatic carbocycles. The number of hydrogen-bond donors (Lipinski definition) is 1. The van der Waals surface area contributed by atoms with Crippen LogP contribution in [0.15, 0.2) is 42.5 Å². The van der Waals surface area contributed by atoms with Gasteiger partial charge in [-0.1, -0.05) is 47.5 Å². The van der Waals surface area contributed by atoms with Crippen molar-refractivity contribution < 1.29 is 14.6 Å². The molecule has 0 amide bonds. The van der Waals surface area contributed by atoms with Crippen molar-refractivity contribution in [2.24, 2.45) is 0 Å². The SMILES string of the molecule is Cc1ccc(COc2ccc(C)cc2CCCC(=O)O)cc1. The molecule has 3 nitrogen and oxygen atoms in total. The van der Waals surface area contributed by atoms with Crippen molar-refractivity contribution in [3.8, 4) is 5.75 Å². The second-order valence-electron chi connectivity index (χ2n) is 5.63. The van der Waals surface area contributed by atoms with Gasteiger partial charge >= 0.3 is 5.97 Å². The number of aryl methyl sites for hydroxylation is 3. The van der Waals surface area contributed by atoms with Gasteiger partial charge in [-0.15, -0.1) is 0 Å². The average molecular weight is 298 g/mol. The Hall–Kier alpha value is -2.29. The fourth-order valence-electron chi connectivity index (χ4n) is 2.32. The quantitative estimate of drug-likeness (QED) is 0.829. The van der Waals surface area contributed by atoms with Gasteiger partial charge in [0.2, 0.25) is 0 Å². The van der Waals surface area contributed by atoms with E-state index in [9.17, 15) is 4.79 Å². The lowest BCUT2D eigenvalue weighted by atomic mass is 10.0. The van der Waals surface area contributed by atoms with E-state index in [0.29, 0.717) is 13.0 Å². The molecular formula is C19H22O3. The van der Waals surface area contributed by atoms with E-state index in [1.807, 2.05) is 19.1 Å². The van der Waals surface area contributed by atoms with Gasteiger partial charge in [0.25, 0.3) is 0 Å². The van der Waals surface area contributed by atoms with Crippen LogP contribution >= 0.6 is 0 Å². The first kappa shape index (κ1) is 16.1. The van der Waals surface area contributed by atoms with Crippen molar-refractivity contribution in [1.29, 1.82) is 0 Å². The Balaban J connectivity index is 2.02. The molecule has 0 atom stereocenters. The van der Waals surface area contributed by atoms with Crippen molar-refractivity contribution in [2.75, 3.05) is 0 Å². The van der Waals surface area contributed by atoms with E-state index in [1.54, 1.807) is 0 Å². The third-order valence-corrected chi connectivity index (χ3v) is 3.57. The summed E-state index contributed by atoms with van der Waals surface area (Å²) in [6, 6.07) is 14.3. The second kappa shape index (κ2) is 7.64. The van der Waals surface area contributed by atoms with Crippen molar-refractivity contribution in [1.82, 2.24) is 0 Å². The highest BCUT2D eigenvalue weighted by molar-refractivity contribution is 5.66. The van der Waals surface area contributed by atoms with E-state index in [-0.39, 0.29) is 6.42 Å². The van der Waals surface area contributed by atoms with Gasteiger partial charge < -0.3 is 9.84 Å². The molecule has 0 aliphatic rings. The van der Waals surface area contributed by atoms with Crippen LogP contribution in [0.5, 0.6) is 5.75 Å². The molecule has 0 bridgehead atoms. The molecule has 0 aromatic heterocycles. The second-order valence-corrected chi connectivity index (χ2v) is 5.63. The van der Waals surface area contributed by atoms with E-state index in [4.69, 9.17) is 9.84 Å². The number of aliphatic carboxylic acids is 1. The molecule has 0 fully saturated rings. The van der Waals surface area contributed by atoms with Crippen molar-refractivity contribution in [2.45, 2.75) is 39.7 Å². The normalized spacial score (nSPS) is 10.5. The zero-order valence-electron chi connectivity index (χ0n) is 13.1. The molecule has 3 heteroatoms. The van der Waals surface area contributed by atoms with Gasteiger partial charge in [-0.2, -0.15) is 0 Å². The molecule has 2 aromatic rings. The van der Waals surface area contributed by atoms with Crippen LogP contribution in [-0.4, -0.2) is 11.1 Å². The van der Waals surface area contributed by atoms with Crippen LogP contribution in [0.1, 0.15) is 35.1 Å². The molecule has 0 aliphatic carbocycles. The van der Waals surface area contributed by atoms with Crippen LogP contribution in [0.25, 0.3) is 0 Å². The van der Waals surface area contributed by atoms with Gasteiger partial charge in [-0.3, -0.25) is 4.79 Å². The van der Waals surface area contributed by atoms with Crippen molar-refractivity contribution >= 4 is 5.97 Å². The van der Waals surface area contributed by atoms with Crippen LogP contribution in [0.4, 0.5) is 0 Å².